The number of carbonyl (C=O) groups is 1. The zero-order valence-electron chi connectivity index (χ0n) is 12.5. The molecule has 6 nitrogen and oxygen atoms in total. The summed E-state index contributed by atoms with van der Waals surface area (Å²) >= 11 is 0. The van der Waals surface area contributed by atoms with Crippen LogP contribution in [0.15, 0.2) is 17.2 Å². The van der Waals surface area contributed by atoms with Gasteiger partial charge >= 0.3 is 5.69 Å². The van der Waals surface area contributed by atoms with Crippen LogP contribution in [0.25, 0.3) is 0 Å². The van der Waals surface area contributed by atoms with Gasteiger partial charge in [-0.25, -0.2) is 4.79 Å². The molecule has 1 saturated heterocycles. The monoisotopic (exact) mass is 292 g/mol. The van der Waals surface area contributed by atoms with Crippen LogP contribution in [0.3, 0.4) is 0 Å². The summed E-state index contributed by atoms with van der Waals surface area (Å²) < 4.78 is 1.70. The van der Waals surface area contributed by atoms with Gasteiger partial charge in [0.1, 0.15) is 0 Å². The van der Waals surface area contributed by atoms with Crippen molar-refractivity contribution >= 4 is 5.91 Å². The molecule has 0 radical (unpaired) electrons. The third-order valence-corrected chi connectivity index (χ3v) is 4.73. The molecule has 0 aromatic carbocycles. The second kappa shape index (κ2) is 6.47. The van der Waals surface area contributed by atoms with Crippen molar-refractivity contribution in [3.8, 4) is 0 Å². The van der Waals surface area contributed by atoms with Crippen molar-refractivity contribution in [1.29, 1.82) is 0 Å². The molecular weight excluding hydrogens is 268 g/mol. The Morgan fingerprint density at radius 1 is 1.14 bits per heavy atom. The lowest BCUT2D eigenvalue weighted by atomic mass is 9.84. The van der Waals surface area contributed by atoms with E-state index < -0.39 is 0 Å². The van der Waals surface area contributed by atoms with Gasteiger partial charge in [0.05, 0.1) is 0 Å². The van der Waals surface area contributed by atoms with Crippen molar-refractivity contribution < 1.29 is 4.79 Å². The molecule has 1 amide bonds. The molecule has 1 aliphatic carbocycles. The van der Waals surface area contributed by atoms with Gasteiger partial charge in [0.15, 0.2) is 0 Å². The Balaban J connectivity index is 1.47. The molecule has 1 aliphatic heterocycles. The number of hydrogen-bond acceptors (Lipinski definition) is 3. The molecule has 1 N–H and O–H groups in total. The van der Waals surface area contributed by atoms with E-state index in [2.05, 4.69) is 9.88 Å². The van der Waals surface area contributed by atoms with E-state index in [1.54, 1.807) is 17.0 Å². The summed E-state index contributed by atoms with van der Waals surface area (Å²) in [6, 6.07) is 0. The predicted molar refractivity (Wildman–Crippen MR) is 80.0 cm³/mol. The zero-order chi connectivity index (χ0) is 14.7. The SMILES string of the molecule is O=C(C1CCC1)N1CCCN(CCn2cc[nH]c2=O)CC1. The Hall–Kier alpha value is -1.56. The number of H-pyrrole nitrogens is 1. The minimum absolute atomic E-state index is 0.0494. The molecule has 2 aliphatic rings. The average Bonchev–Trinajstić information content (AvgIpc) is 2.69. The highest BCUT2D eigenvalue weighted by Crippen LogP contribution is 2.28. The number of nitrogens with zero attached hydrogens (tertiary/aromatic N) is 3. The quantitative estimate of drug-likeness (QED) is 0.879. The first-order valence-corrected chi connectivity index (χ1v) is 7.99. The largest absolute Gasteiger partial charge is 0.341 e. The molecule has 0 spiro atoms. The normalized spacial score (nSPS) is 21.0. The van der Waals surface area contributed by atoms with Crippen molar-refractivity contribution in [3.05, 3.63) is 22.9 Å². The second-order valence-corrected chi connectivity index (χ2v) is 6.11. The lowest BCUT2D eigenvalue weighted by Crippen LogP contribution is -2.41. The van der Waals surface area contributed by atoms with Crippen LogP contribution >= 0.6 is 0 Å². The third kappa shape index (κ3) is 3.37. The number of imidazole rings is 1. The first kappa shape index (κ1) is 14.4. The molecular formula is C15H24N4O2. The van der Waals surface area contributed by atoms with Crippen molar-refractivity contribution in [3.63, 3.8) is 0 Å². The van der Waals surface area contributed by atoms with Crippen LogP contribution in [-0.2, 0) is 11.3 Å². The van der Waals surface area contributed by atoms with Gasteiger partial charge in [-0.2, -0.15) is 0 Å². The van der Waals surface area contributed by atoms with Crippen molar-refractivity contribution in [1.82, 2.24) is 19.4 Å². The van der Waals surface area contributed by atoms with Crippen LogP contribution in [0.2, 0.25) is 0 Å². The summed E-state index contributed by atoms with van der Waals surface area (Å²) in [4.78, 5) is 30.8. The van der Waals surface area contributed by atoms with E-state index in [1.807, 2.05) is 4.90 Å². The van der Waals surface area contributed by atoms with E-state index in [0.29, 0.717) is 18.4 Å². The van der Waals surface area contributed by atoms with E-state index in [1.165, 1.54) is 6.42 Å². The van der Waals surface area contributed by atoms with Gasteiger partial charge in [0.25, 0.3) is 0 Å². The predicted octanol–water partition coefficient (Wildman–Crippen LogP) is 0.511. The third-order valence-electron chi connectivity index (χ3n) is 4.73. The maximum absolute atomic E-state index is 12.3. The Kier molecular flexibility index (Phi) is 4.43. The lowest BCUT2D eigenvalue weighted by Gasteiger charge is -2.31. The molecule has 2 heterocycles. The first-order valence-electron chi connectivity index (χ1n) is 7.99. The summed E-state index contributed by atoms with van der Waals surface area (Å²) in [5.41, 5.74) is -0.0494. The van der Waals surface area contributed by atoms with E-state index >= 15 is 0 Å². The Morgan fingerprint density at radius 2 is 2.00 bits per heavy atom. The minimum Gasteiger partial charge on any atom is -0.341 e. The van der Waals surface area contributed by atoms with Gasteiger partial charge in [-0.1, -0.05) is 6.42 Å². The number of rotatable bonds is 4. The summed E-state index contributed by atoms with van der Waals surface area (Å²) in [6.45, 7) is 5.21. The van der Waals surface area contributed by atoms with Gasteiger partial charge in [0, 0.05) is 51.0 Å². The fourth-order valence-electron chi connectivity index (χ4n) is 3.10. The number of aromatic amines is 1. The smallest absolute Gasteiger partial charge is 0.325 e. The van der Waals surface area contributed by atoms with Gasteiger partial charge < -0.3 is 9.88 Å². The maximum atomic E-state index is 12.3. The molecule has 1 aromatic rings. The summed E-state index contributed by atoms with van der Waals surface area (Å²) in [6.07, 6.45) is 7.85. The van der Waals surface area contributed by atoms with Crippen molar-refractivity contribution in [2.75, 3.05) is 32.7 Å². The van der Waals surface area contributed by atoms with E-state index in [-0.39, 0.29) is 5.69 Å². The Bertz CT molecular complexity index is 532. The Labute approximate surface area is 124 Å². The molecule has 2 fully saturated rings. The fraction of sp³-hybridized carbons (Fsp3) is 0.733. The average molecular weight is 292 g/mol. The van der Waals surface area contributed by atoms with E-state index in [0.717, 1.165) is 52.0 Å². The molecule has 116 valence electrons. The number of amides is 1. The highest BCUT2D eigenvalue weighted by atomic mass is 16.2. The van der Waals surface area contributed by atoms with Gasteiger partial charge in [0.2, 0.25) is 5.91 Å². The molecule has 3 rings (SSSR count). The number of aromatic nitrogens is 2. The number of hydrogen-bond donors (Lipinski definition) is 1. The van der Waals surface area contributed by atoms with E-state index in [4.69, 9.17) is 0 Å². The van der Waals surface area contributed by atoms with E-state index in [9.17, 15) is 9.59 Å². The highest BCUT2D eigenvalue weighted by Gasteiger charge is 2.30. The fourth-order valence-corrected chi connectivity index (χ4v) is 3.10. The summed E-state index contributed by atoms with van der Waals surface area (Å²) in [5.74, 6) is 0.667. The minimum atomic E-state index is -0.0494. The van der Waals surface area contributed by atoms with Crippen LogP contribution in [0.5, 0.6) is 0 Å². The highest BCUT2D eigenvalue weighted by molar-refractivity contribution is 5.79. The zero-order valence-corrected chi connectivity index (χ0v) is 12.5. The maximum Gasteiger partial charge on any atom is 0.325 e. The summed E-state index contributed by atoms with van der Waals surface area (Å²) in [5, 5.41) is 0. The van der Waals surface area contributed by atoms with Crippen LogP contribution in [0, 0.1) is 5.92 Å². The topological polar surface area (TPSA) is 61.3 Å². The standard InChI is InChI=1S/C15H24N4O2/c20-14(13-3-1-4-13)18-7-2-6-17(9-11-18)10-12-19-8-5-16-15(19)21/h5,8,13H,1-4,6-7,9-12H2,(H,16,21). The molecule has 0 bridgehead atoms. The molecule has 6 heteroatoms. The first-order chi connectivity index (χ1) is 10.2. The lowest BCUT2D eigenvalue weighted by molar-refractivity contribution is -0.138. The second-order valence-electron chi connectivity index (χ2n) is 6.11. The van der Waals surface area contributed by atoms with Crippen LogP contribution in [0.1, 0.15) is 25.7 Å². The van der Waals surface area contributed by atoms with Crippen molar-refractivity contribution in [2.24, 2.45) is 5.92 Å². The number of carbonyl (C=O) groups excluding carboxylic acids is 1. The summed E-state index contributed by atoms with van der Waals surface area (Å²) in [7, 11) is 0. The Morgan fingerprint density at radius 3 is 2.67 bits per heavy atom. The van der Waals surface area contributed by atoms with Crippen LogP contribution in [-0.4, -0.2) is 58.0 Å². The molecule has 21 heavy (non-hydrogen) atoms. The molecule has 0 unspecified atom stereocenters. The van der Waals surface area contributed by atoms with Crippen LogP contribution in [0.4, 0.5) is 0 Å². The molecule has 0 atom stereocenters. The van der Waals surface area contributed by atoms with Crippen molar-refractivity contribution in [2.45, 2.75) is 32.2 Å². The molecule has 1 aromatic heterocycles. The van der Waals surface area contributed by atoms with Gasteiger partial charge in [-0.05, 0) is 25.8 Å². The van der Waals surface area contributed by atoms with Gasteiger partial charge in [-0.15, -0.1) is 0 Å². The molecule has 1 saturated carbocycles. The van der Waals surface area contributed by atoms with Crippen LogP contribution < -0.4 is 5.69 Å². The number of nitrogens with one attached hydrogen (secondary N) is 1. The van der Waals surface area contributed by atoms with Gasteiger partial charge in [-0.3, -0.25) is 14.3 Å².